The number of carbonyl (C=O) groups is 3. The standard InChI is InChI=1S/C26H21N3O4S/c30-21-19-4-1-2-5-20(19)23-24(22(21)31)34-16-26(33-23)10-14-28(15-11-26)25(32)17-6-8-18(9-7-17)29-13-3-12-27-29/h1-9,12-13H,10-11,14-16H2. The van der Waals surface area contributed by atoms with Gasteiger partial charge in [0.15, 0.2) is 0 Å². The third kappa shape index (κ3) is 3.37. The lowest BCUT2D eigenvalue weighted by molar-refractivity contribution is -0.111. The molecule has 8 heteroatoms. The number of carbonyl (C=O) groups excluding carboxylic acids is 3. The van der Waals surface area contributed by atoms with E-state index in [1.54, 1.807) is 23.0 Å². The number of ketones is 2. The molecule has 170 valence electrons. The van der Waals surface area contributed by atoms with Gasteiger partial charge in [-0.15, -0.1) is 11.8 Å². The van der Waals surface area contributed by atoms with Crippen molar-refractivity contribution in [3.8, 4) is 5.69 Å². The number of piperidine rings is 1. The molecule has 3 heterocycles. The van der Waals surface area contributed by atoms with Crippen molar-refractivity contribution >= 4 is 35.0 Å². The van der Waals surface area contributed by atoms with Gasteiger partial charge in [-0.05, 0) is 30.3 Å². The molecule has 0 bridgehead atoms. The number of fused-ring (bicyclic) bond motifs is 2. The molecule has 0 radical (unpaired) electrons. The number of allylic oxidation sites excluding steroid dienone is 1. The third-order valence-corrected chi connectivity index (χ3v) is 8.01. The lowest BCUT2D eigenvalue weighted by Crippen LogP contribution is -2.50. The Morgan fingerprint density at radius 3 is 2.38 bits per heavy atom. The maximum atomic E-state index is 13.1. The first-order valence-corrected chi connectivity index (χ1v) is 12.2. The number of rotatable bonds is 2. The summed E-state index contributed by atoms with van der Waals surface area (Å²) in [5.74, 6) is 0.146. The number of ether oxygens (including phenoxy) is 1. The largest absolute Gasteiger partial charge is 0.484 e. The molecular formula is C26H21N3O4S. The Kier molecular flexibility index (Phi) is 4.91. The molecule has 6 rings (SSSR count). The maximum Gasteiger partial charge on any atom is 0.253 e. The van der Waals surface area contributed by atoms with E-state index in [4.69, 9.17) is 4.74 Å². The zero-order valence-electron chi connectivity index (χ0n) is 18.3. The molecule has 0 N–H and O–H groups in total. The highest BCUT2D eigenvalue weighted by Gasteiger charge is 2.46. The number of benzene rings is 2. The molecule has 34 heavy (non-hydrogen) atoms. The Hall–Kier alpha value is -3.65. The molecule has 7 nitrogen and oxygen atoms in total. The van der Waals surface area contributed by atoms with E-state index >= 15 is 0 Å². The van der Waals surface area contributed by atoms with E-state index in [9.17, 15) is 14.4 Å². The van der Waals surface area contributed by atoms with Crippen LogP contribution in [0.5, 0.6) is 0 Å². The molecule has 1 saturated heterocycles. The topological polar surface area (TPSA) is 81.5 Å². The van der Waals surface area contributed by atoms with Crippen LogP contribution in [0.15, 0.2) is 71.9 Å². The van der Waals surface area contributed by atoms with Crippen molar-refractivity contribution in [2.24, 2.45) is 0 Å². The first-order chi connectivity index (χ1) is 16.5. The average Bonchev–Trinajstić information content (AvgIpc) is 3.43. The van der Waals surface area contributed by atoms with Crippen LogP contribution in [0.2, 0.25) is 0 Å². The highest BCUT2D eigenvalue weighted by molar-refractivity contribution is 8.04. The first-order valence-electron chi connectivity index (χ1n) is 11.2. The summed E-state index contributed by atoms with van der Waals surface area (Å²) in [5.41, 5.74) is 2.16. The molecule has 3 aromatic rings. The van der Waals surface area contributed by atoms with E-state index in [1.165, 1.54) is 11.8 Å². The Morgan fingerprint density at radius 1 is 0.941 bits per heavy atom. The number of aromatic nitrogens is 2. The maximum absolute atomic E-state index is 13.1. The van der Waals surface area contributed by atoms with Crippen molar-refractivity contribution in [3.05, 3.63) is 88.6 Å². The van der Waals surface area contributed by atoms with Gasteiger partial charge < -0.3 is 9.64 Å². The van der Waals surface area contributed by atoms with Crippen LogP contribution in [0.25, 0.3) is 11.4 Å². The Labute approximate surface area is 200 Å². The molecule has 0 atom stereocenters. The second kappa shape index (κ2) is 7.99. The van der Waals surface area contributed by atoms with Gasteiger partial charge in [0.1, 0.15) is 16.3 Å². The highest BCUT2D eigenvalue weighted by Crippen LogP contribution is 2.47. The van der Waals surface area contributed by atoms with Crippen LogP contribution in [0.3, 0.4) is 0 Å². The Balaban J connectivity index is 1.17. The zero-order chi connectivity index (χ0) is 23.3. The van der Waals surface area contributed by atoms with Gasteiger partial charge in [-0.2, -0.15) is 5.10 Å². The summed E-state index contributed by atoms with van der Waals surface area (Å²) in [6.45, 7) is 1.13. The lowest BCUT2D eigenvalue weighted by Gasteiger charge is -2.45. The third-order valence-electron chi connectivity index (χ3n) is 6.68. The predicted octanol–water partition coefficient (Wildman–Crippen LogP) is 3.74. The molecule has 1 aliphatic carbocycles. The summed E-state index contributed by atoms with van der Waals surface area (Å²) in [4.78, 5) is 40.5. The highest BCUT2D eigenvalue weighted by atomic mass is 32.2. The Morgan fingerprint density at radius 2 is 1.68 bits per heavy atom. The van der Waals surface area contributed by atoms with Crippen LogP contribution in [0.4, 0.5) is 0 Å². The van der Waals surface area contributed by atoms with Crippen LogP contribution in [-0.2, 0) is 9.53 Å². The van der Waals surface area contributed by atoms with E-state index < -0.39 is 17.2 Å². The smallest absolute Gasteiger partial charge is 0.253 e. The minimum atomic E-state index is -0.486. The minimum absolute atomic E-state index is 0.00554. The van der Waals surface area contributed by atoms with Gasteiger partial charge in [-0.1, -0.05) is 24.3 Å². The fourth-order valence-corrected chi connectivity index (χ4v) is 6.00. The van der Waals surface area contributed by atoms with E-state index in [1.807, 2.05) is 53.6 Å². The van der Waals surface area contributed by atoms with Gasteiger partial charge in [0.25, 0.3) is 5.91 Å². The van der Waals surface area contributed by atoms with E-state index in [0.717, 1.165) is 5.69 Å². The predicted molar refractivity (Wildman–Crippen MR) is 128 cm³/mol. The summed E-state index contributed by atoms with van der Waals surface area (Å²) in [6, 6.07) is 16.4. The quantitative estimate of drug-likeness (QED) is 0.530. The zero-order valence-corrected chi connectivity index (χ0v) is 19.1. The summed E-state index contributed by atoms with van der Waals surface area (Å²) in [5, 5.41) is 4.21. The van der Waals surface area contributed by atoms with Crippen LogP contribution in [-0.4, -0.2) is 56.6 Å². The van der Waals surface area contributed by atoms with Crippen LogP contribution >= 0.6 is 11.8 Å². The second-order valence-corrected chi connectivity index (χ2v) is 9.71. The van der Waals surface area contributed by atoms with Crippen molar-refractivity contribution < 1.29 is 19.1 Å². The second-order valence-electron chi connectivity index (χ2n) is 8.73. The first kappa shape index (κ1) is 20.9. The van der Waals surface area contributed by atoms with Crippen molar-refractivity contribution in [3.63, 3.8) is 0 Å². The molecule has 0 saturated carbocycles. The molecule has 2 aromatic carbocycles. The summed E-state index contributed by atoms with van der Waals surface area (Å²) < 4.78 is 8.24. The summed E-state index contributed by atoms with van der Waals surface area (Å²) in [6.07, 6.45) is 4.90. The van der Waals surface area contributed by atoms with Crippen LogP contribution in [0.1, 0.15) is 39.1 Å². The normalized spacial score (nSPS) is 19.0. The van der Waals surface area contributed by atoms with Gasteiger partial charge in [0.05, 0.1) is 5.69 Å². The lowest BCUT2D eigenvalue weighted by atomic mass is 9.89. The Bertz CT molecular complexity index is 1340. The number of Topliss-reactive ketones (excluding diaryl/α,β-unsaturated/α-hetero) is 2. The minimum Gasteiger partial charge on any atom is -0.484 e. The molecule has 1 spiro atoms. The van der Waals surface area contributed by atoms with Gasteiger partial charge in [-0.25, -0.2) is 4.68 Å². The SMILES string of the molecule is O=C1C(=O)c2ccccc2C2=C1SCC1(CCN(C(=O)c3ccc(-n4cccn4)cc3)CC1)O2. The number of thioether (sulfide) groups is 1. The van der Waals surface area contributed by atoms with E-state index in [-0.39, 0.29) is 5.91 Å². The molecule has 1 fully saturated rings. The van der Waals surface area contributed by atoms with Crippen molar-refractivity contribution in [2.45, 2.75) is 18.4 Å². The van der Waals surface area contributed by atoms with Gasteiger partial charge >= 0.3 is 0 Å². The molecule has 2 aliphatic heterocycles. The molecular weight excluding hydrogens is 450 g/mol. The monoisotopic (exact) mass is 471 g/mol. The van der Waals surface area contributed by atoms with E-state index in [2.05, 4.69) is 5.10 Å². The molecule has 1 amide bonds. The number of likely N-dealkylation sites (tertiary alicyclic amines) is 1. The number of nitrogens with zero attached hydrogens (tertiary/aromatic N) is 3. The van der Waals surface area contributed by atoms with Crippen molar-refractivity contribution in [2.75, 3.05) is 18.8 Å². The van der Waals surface area contributed by atoms with Crippen LogP contribution in [0, 0.1) is 0 Å². The van der Waals surface area contributed by atoms with Crippen molar-refractivity contribution in [1.82, 2.24) is 14.7 Å². The average molecular weight is 472 g/mol. The summed E-state index contributed by atoms with van der Waals surface area (Å²) in [7, 11) is 0. The van der Waals surface area contributed by atoms with Crippen LogP contribution < -0.4 is 0 Å². The summed E-state index contributed by atoms with van der Waals surface area (Å²) >= 11 is 1.41. The number of hydrogen-bond donors (Lipinski definition) is 0. The molecule has 1 aromatic heterocycles. The van der Waals surface area contributed by atoms with Gasteiger partial charge in [0.2, 0.25) is 11.6 Å². The molecule has 0 unspecified atom stereocenters. The fourth-order valence-electron chi connectivity index (χ4n) is 4.74. The van der Waals surface area contributed by atoms with Gasteiger partial charge in [0, 0.05) is 60.8 Å². The number of hydrogen-bond acceptors (Lipinski definition) is 6. The van der Waals surface area contributed by atoms with Gasteiger partial charge in [-0.3, -0.25) is 14.4 Å². The fraction of sp³-hybridized carbons (Fsp3) is 0.231. The van der Waals surface area contributed by atoms with E-state index in [0.29, 0.717) is 59.0 Å². The molecule has 3 aliphatic rings. The number of amides is 1. The van der Waals surface area contributed by atoms with Crippen molar-refractivity contribution in [1.29, 1.82) is 0 Å².